The van der Waals surface area contributed by atoms with Gasteiger partial charge in [-0.15, -0.1) is 0 Å². The van der Waals surface area contributed by atoms with E-state index in [4.69, 9.17) is 26.4 Å². The molecule has 1 N–H and O–H groups in total. The van der Waals surface area contributed by atoms with Gasteiger partial charge in [-0.25, -0.2) is 4.79 Å². The molecule has 0 amide bonds. The van der Waals surface area contributed by atoms with Gasteiger partial charge in [0.25, 0.3) is 0 Å². The summed E-state index contributed by atoms with van der Waals surface area (Å²) < 4.78 is 17.2. The molecule has 0 saturated carbocycles. The Bertz CT molecular complexity index is 962. The van der Waals surface area contributed by atoms with Gasteiger partial charge in [0.05, 0.1) is 25.3 Å². The summed E-state index contributed by atoms with van der Waals surface area (Å²) in [6, 6.07) is 13.1. The van der Waals surface area contributed by atoms with Gasteiger partial charge in [0.2, 0.25) is 0 Å². The molecule has 0 radical (unpaired) electrons. The molecule has 6 nitrogen and oxygen atoms in total. The maximum Gasteiger partial charge on any atom is 0.338 e. The van der Waals surface area contributed by atoms with Crippen LogP contribution in [0.3, 0.4) is 0 Å². The number of rotatable bonds is 4. The Morgan fingerprint density at radius 2 is 2.00 bits per heavy atom. The summed E-state index contributed by atoms with van der Waals surface area (Å²) in [4.78, 5) is 13.9. The number of fused-ring (bicyclic) bond motifs is 4. The molecule has 7 heteroatoms. The Labute approximate surface area is 175 Å². The van der Waals surface area contributed by atoms with E-state index in [9.17, 15) is 4.79 Å². The average molecular weight is 413 g/mol. The zero-order valence-electron chi connectivity index (χ0n) is 16.9. The van der Waals surface area contributed by atoms with Gasteiger partial charge in [-0.05, 0) is 56.4 Å². The van der Waals surface area contributed by atoms with Crippen molar-refractivity contribution in [1.82, 2.24) is 5.32 Å². The molecule has 2 aromatic carbocycles. The predicted octanol–water partition coefficient (Wildman–Crippen LogP) is 4.05. The predicted molar refractivity (Wildman–Crippen MR) is 115 cm³/mol. The van der Waals surface area contributed by atoms with E-state index >= 15 is 0 Å². The van der Waals surface area contributed by atoms with E-state index in [0.29, 0.717) is 23.0 Å². The van der Waals surface area contributed by atoms with Gasteiger partial charge >= 0.3 is 5.97 Å². The first kappa shape index (κ1) is 19.5. The van der Waals surface area contributed by atoms with Crippen LogP contribution in [-0.2, 0) is 4.74 Å². The molecule has 0 aromatic heterocycles. The lowest BCUT2D eigenvalue weighted by molar-refractivity contribution is -0.00546. The fourth-order valence-corrected chi connectivity index (χ4v) is 4.53. The minimum absolute atomic E-state index is 0.0152. The number of methoxy groups -OCH3 is 1. The van der Waals surface area contributed by atoms with Crippen molar-refractivity contribution in [3.8, 4) is 11.5 Å². The Hall–Kier alpha value is -2.80. The maximum atomic E-state index is 12.0. The molecule has 1 saturated heterocycles. The summed E-state index contributed by atoms with van der Waals surface area (Å²) in [7, 11) is 1.64. The van der Waals surface area contributed by atoms with Gasteiger partial charge in [-0.1, -0.05) is 19.1 Å². The van der Waals surface area contributed by atoms with E-state index in [0.717, 1.165) is 17.0 Å². The highest BCUT2D eigenvalue weighted by molar-refractivity contribution is 7.80. The van der Waals surface area contributed by atoms with E-state index in [1.54, 1.807) is 26.2 Å². The summed E-state index contributed by atoms with van der Waals surface area (Å²) >= 11 is 5.72. The first-order chi connectivity index (χ1) is 13.9. The molecule has 3 atom stereocenters. The smallest absolute Gasteiger partial charge is 0.338 e. The van der Waals surface area contributed by atoms with Gasteiger partial charge in [-0.2, -0.15) is 0 Å². The average Bonchev–Trinajstić information content (AvgIpc) is 2.71. The fourth-order valence-electron chi connectivity index (χ4n) is 4.11. The number of esters is 1. The number of carbonyl (C=O) groups is 1. The molecule has 2 aliphatic heterocycles. The van der Waals surface area contributed by atoms with Crippen molar-refractivity contribution in [3.63, 3.8) is 0 Å². The van der Waals surface area contributed by atoms with Crippen molar-refractivity contribution in [2.75, 3.05) is 18.6 Å². The molecule has 29 heavy (non-hydrogen) atoms. The van der Waals surface area contributed by atoms with Crippen molar-refractivity contribution in [2.45, 2.75) is 32.5 Å². The van der Waals surface area contributed by atoms with E-state index < -0.39 is 5.72 Å². The van der Waals surface area contributed by atoms with Crippen LogP contribution in [0, 0.1) is 5.92 Å². The molecule has 2 heterocycles. The second-order valence-electron chi connectivity index (χ2n) is 7.35. The van der Waals surface area contributed by atoms with Gasteiger partial charge in [0.1, 0.15) is 0 Å². The lowest BCUT2D eigenvalue weighted by Crippen LogP contribution is -2.69. The standard InChI is InChI=1S/C22H24N2O4S/c1-5-27-20(25)14-9-11-15(12-10-14)24-21(29)23-18-13(2)22(24,3)28-19-16(18)7-6-8-17(19)26-4/h6-13,18H,5H2,1-4H3,(H,23,29)/t13-,18+,22-/m0/s1. The van der Waals surface area contributed by atoms with Crippen LogP contribution in [0.4, 0.5) is 5.69 Å². The Kier molecular flexibility index (Phi) is 4.86. The Morgan fingerprint density at radius 1 is 1.28 bits per heavy atom. The van der Waals surface area contributed by atoms with Gasteiger partial charge < -0.3 is 19.5 Å². The quantitative estimate of drug-likeness (QED) is 0.600. The monoisotopic (exact) mass is 412 g/mol. The number of hydrogen-bond donors (Lipinski definition) is 1. The van der Waals surface area contributed by atoms with Crippen LogP contribution in [0.2, 0.25) is 0 Å². The normalized spacial score (nSPS) is 24.8. The first-order valence-electron chi connectivity index (χ1n) is 9.64. The van der Waals surface area contributed by atoms with Crippen LogP contribution >= 0.6 is 12.2 Å². The maximum absolute atomic E-state index is 12.0. The molecule has 1 fully saturated rings. The van der Waals surface area contributed by atoms with Gasteiger partial charge in [0.15, 0.2) is 22.3 Å². The lowest BCUT2D eigenvalue weighted by Gasteiger charge is -2.56. The third-order valence-corrected chi connectivity index (χ3v) is 6.08. The molecule has 2 aliphatic rings. The summed E-state index contributed by atoms with van der Waals surface area (Å²) in [5.41, 5.74) is 1.65. The van der Waals surface area contributed by atoms with Crippen LogP contribution in [0.5, 0.6) is 11.5 Å². The number of ether oxygens (including phenoxy) is 3. The molecular weight excluding hydrogens is 388 g/mol. The second-order valence-corrected chi connectivity index (χ2v) is 7.74. The molecule has 152 valence electrons. The SMILES string of the molecule is CCOC(=O)c1ccc(N2C(=S)N[C@H]3c4cccc(OC)c4O[C@@]2(C)[C@H]3C)cc1. The second kappa shape index (κ2) is 7.22. The van der Waals surface area contributed by atoms with Crippen LogP contribution < -0.4 is 19.7 Å². The van der Waals surface area contributed by atoms with Gasteiger partial charge in [0, 0.05) is 17.2 Å². The Balaban J connectivity index is 1.75. The summed E-state index contributed by atoms with van der Waals surface area (Å²) in [5, 5.41) is 4.04. The highest BCUT2D eigenvalue weighted by atomic mass is 32.1. The van der Waals surface area contributed by atoms with Gasteiger partial charge in [-0.3, -0.25) is 4.90 Å². The van der Waals surface area contributed by atoms with Crippen LogP contribution in [0.15, 0.2) is 42.5 Å². The van der Waals surface area contributed by atoms with Crippen molar-refractivity contribution in [3.05, 3.63) is 53.6 Å². The van der Waals surface area contributed by atoms with Crippen molar-refractivity contribution in [1.29, 1.82) is 0 Å². The first-order valence-corrected chi connectivity index (χ1v) is 10.0. The molecule has 0 unspecified atom stereocenters. The number of para-hydroxylation sites is 1. The van der Waals surface area contributed by atoms with E-state index in [2.05, 4.69) is 12.2 Å². The molecule has 2 bridgehead atoms. The number of benzene rings is 2. The van der Waals surface area contributed by atoms with Crippen LogP contribution in [0.1, 0.15) is 42.7 Å². The number of nitrogens with one attached hydrogen (secondary N) is 1. The molecular formula is C22H24N2O4S. The van der Waals surface area contributed by atoms with Crippen molar-refractivity contribution >= 4 is 29.0 Å². The molecule has 4 rings (SSSR count). The number of hydrogen-bond acceptors (Lipinski definition) is 5. The molecule has 2 aromatic rings. The van der Waals surface area contributed by atoms with Crippen molar-refractivity contribution in [2.24, 2.45) is 5.92 Å². The van der Waals surface area contributed by atoms with Crippen molar-refractivity contribution < 1.29 is 19.0 Å². The van der Waals surface area contributed by atoms with E-state index in [1.807, 2.05) is 42.2 Å². The lowest BCUT2D eigenvalue weighted by atomic mass is 9.80. The van der Waals surface area contributed by atoms with E-state index in [1.165, 1.54) is 0 Å². The third-order valence-electron chi connectivity index (χ3n) is 5.78. The zero-order valence-corrected chi connectivity index (χ0v) is 17.7. The highest BCUT2D eigenvalue weighted by Crippen LogP contribution is 2.51. The van der Waals surface area contributed by atoms with Crippen LogP contribution in [-0.4, -0.2) is 30.5 Å². The molecule has 0 spiro atoms. The van der Waals surface area contributed by atoms with Crippen LogP contribution in [0.25, 0.3) is 0 Å². The summed E-state index contributed by atoms with van der Waals surface area (Å²) in [5.74, 6) is 1.17. The number of nitrogens with zero attached hydrogens (tertiary/aromatic N) is 1. The number of anilines is 1. The summed E-state index contributed by atoms with van der Waals surface area (Å²) in [6.45, 7) is 6.30. The Morgan fingerprint density at radius 3 is 2.66 bits per heavy atom. The third kappa shape index (κ3) is 3.00. The topological polar surface area (TPSA) is 60.0 Å². The summed E-state index contributed by atoms with van der Waals surface area (Å²) in [6.07, 6.45) is 0. The fraction of sp³-hybridized carbons (Fsp3) is 0.364. The minimum Gasteiger partial charge on any atom is -0.493 e. The van der Waals surface area contributed by atoms with E-state index in [-0.39, 0.29) is 17.9 Å². The highest BCUT2D eigenvalue weighted by Gasteiger charge is 2.54. The number of thiocarbonyl (C=S) groups is 1. The largest absolute Gasteiger partial charge is 0.493 e. The zero-order chi connectivity index (χ0) is 20.8. The number of carbonyl (C=O) groups excluding carboxylic acids is 1. The molecule has 0 aliphatic carbocycles. The minimum atomic E-state index is -0.722.